The van der Waals surface area contributed by atoms with E-state index in [1.165, 1.54) is 19.9 Å². The molecular formula is C28H33NO7. The summed E-state index contributed by atoms with van der Waals surface area (Å²) in [6.45, 7) is 9.07. The summed E-state index contributed by atoms with van der Waals surface area (Å²) in [6, 6.07) is 1.97. The van der Waals surface area contributed by atoms with Crippen LogP contribution in [0.15, 0.2) is 24.3 Å². The number of rotatable bonds is 4. The van der Waals surface area contributed by atoms with Crippen molar-refractivity contribution in [3.05, 3.63) is 41.0 Å². The average molecular weight is 496 g/mol. The van der Waals surface area contributed by atoms with Gasteiger partial charge in [0.25, 0.3) is 0 Å². The first-order valence-electron chi connectivity index (χ1n) is 12.4. The number of likely N-dealkylation sites (N-methyl/N-ethyl adjacent to an activating group) is 1. The Hall–Kier alpha value is -3.13. The van der Waals surface area contributed by atoms with Crippen LogP contribution in [0.2, 0.25) is 0 Å². The second kappa shape index (κ2) is 8.47. The number of piperidine rings is 1. The molecule has 0 amide bonds. The van der Waals surface area contributed by atoms with E-state index in [2.05, 4.69) is 18.0 Å². The van der Waals surface area contributed by atoms with E-state index in [9.17, 15) is 14.4 Å². The normalized spacial score (nSPS) is 29.9. The maximum absolute atomic E-state index is 12.5. The van der Waals surface area contributed by atoms with Crippen molar-refractivity contribution in [3.63, 3.8) is 0 Å². The Kier molecular flexibility index (Phi) is 5.78. The fourth-order valence-corrected chi connectivity index (χ4v) is 6.48. The van der Waals surface area contributed by atoms with Gasteiger partial charge >= 0.3 is 17.9 Å². The zero-order valence-corrected chi connectivity index (χ0v) is 21.6. The predicted molar refractivity (Wildman–Crippen MR) is 132 cm³/mol. The maximum atomic E-state index is 12.5. The van der Waals surface area contributed by atoms with Crippen LogP contribution in [-0.2, 0) is 35.7 Å². The Labute approximate surface area is 211 Å². The van der Waals surface area contributed by atoms with Gasteiger partial charge in [0.1, 0.15) is 11.7 Å². The Morgan fingerprint density at radius 2 is 1.92 bits per heavy atom. The Morgan fingerprint density at radius 1 is 1.17 bits per heavy atom. The van der Waals surface area contributed by atoms with Gasteiger partial charge in [-0.25, -0.2) is 4.79 Å². The highest BCUT2D eigenvalue weighted by Gasteiger charge is 2.65. The first kappa shape index (κ1) is 24.6. The van der Waals surface area contributed by atoms with Gasteiger partial charge in [0.05, 0.1) is 0 Å². The van der Waals surface area contributed by atoms with Crippen molar-refractivity contribution in [2.45, 2.75) is 76.7 Å². The quantitative estimate of drug-likeness (QED) is 0.272. The lowest BCUT2D eigenvalue weighted by molar-refractivity contribution is -0.152. The molecule has 36 heavy (non-hydrogen) atoms. The molecule has 2 bridgehead atoms. The highest BCUT2D eigenvalue weighted by atomic mass is 16.6. The molecule has 1 aromatic carbocycles. The van der Waals surface area contributed by atoms with Crippen molar-refractivity contribution < 1.29 is 33.3 Å². The molecule has 8 nitrogen and oxygen atoms in total. The third kappa shape index (κ3) is 3.92. The minimum absolute atomic E-state index is 0.150. The number of ether oxygens (including phenoxy) is 4. The first-order valence-corrected chi connectivity index (χ1v) is 12.4. The molecular weight excluding hydrogens is 462 g/mol. The van der Waals surface area contributed by atoms with Gasteiger partial charge in [-0.3, -0.25) is 9.59 Å². The van der Waals surface area contributed by atoms with Gasteiger partial charge < -0.3 is 23.8 Å². The second-order valence-electron chi connectivity index (χ2n) is 11.2. The third-order valence-corrected chi connectivity index (χ3v) is 7.64. The van der Waals surface area contributed by atoms with E-state index in [0.717, 1.165) is 36.1 Å². The number of hydrogen-bond acceptors (Lipinski definition) is 8. The van der Waals surface area contributed by atoms with Gasteiger partial charge in [-0.2, -0.15) is 0 Å². The van der Waals surface area contributed by atoms with Crippen LogP contribution in [0.3, 0.4) is 0 Å². The summed E-state index contributed by atoms with van der Waals surface area (Å²) in [5.74, 6) is -0.288. The summed E-state index contributed by atoms with van der Waals surface area (Å²) in [6.07, 6.45) is 7.83. The molecule has 2 heterocycles. The number of nitrogens with zero attached hydrogens (tertiary/aromatic N) is 1. The predicted octanol–water partition coefficient (Wildman–Crippen LogP) is 3.34. The number of benzene rings is 1. The minimum Gasteiger partial charge on any atom is -0.481 e. The zero-order chi connectivity index (χ0) is 26.0. The highest BCUT2D eigenvalue weighted by Crippen LogP contribution is 2.63. The lowest BCUT2D eigenvalue weighted by Crippen LogP contribution is -2.65. The van der Waals surface area contributed by atoms with Crippen molar-refractivity contribution in [1.29, 1.82) is 0 Å². The fraction of sp³-hybridized carbons (Fsp3) is 0.536. The minimum atomic E-state index is -0.607. The number of hydrogen-bond donors (Lipinski definition) is 0. The molecule has 192 valence electrons. The van der Waals surface area contributed by atoms with E-state index in [1.54, 1.807) is 12.1 Å². The number of likely N-dealkylation sites (tertiary alicyclic amines) is 1. The second-order valence-corrected chi connectivity index (χ2v) is 11.2. The molecule has 5 atom stereocenters. The van der Waals surface area contributed by atoms with E-state index >= 15 is 0 Å². The van der Waals surface area contributed by atoms with E-state index in [4.69, 9.17) is 18.9 Å². The van der Waals surface area contributed by atoms with Crippen LogP contribution in [0.5, 0.6) is 11.5 Å². The first-order chi connectivity index (χ1) is 16.9. The molecule has 0 radical (unpaired) electrons. The van der Waals surface area contributed by atoms with Crippen LogP contribution in [0.4, 0.5) is 0 Å². The smallest absolute Gasteiger partial charge is 0.331 e. The highest BCUT2D eigenvalue weighted by molar-refractivity contribution is 5.88. The Morgan fingerprint density at radius 3 is 2.58 bits per heavy atom. The summed E-state index contributed by atoms with van der Waals surface area (Å²) < 4.78 is 23.3. The van der Waals surface area contributed by atoms with Crippen molar-refractivity contribution in [2.75, 3.05) is 13.6 Å². The van der Waals surface area contributed by atoms with Gasteiger partial charge in [0.15, 0.2) is 17.6 Å². The fourth-order valence-electron chi connectivity index (χ4n) is 6.48. The summed E-state index contributed by atoms with van der Waals surface area (Å²) in [5, 5.41) is 0. The topological polar surface area (TPSA) is 91.4 Å². The standard InChI is InChI=1S/C28H33NO7/c1-15(30)33-21-9-8-19-20-14-18-17(7-10-23(32)36-27(3,4)5)13-22(34-16(2)31)25-24(18)28(19,26(21)35-25)11-12-29(20)6/h7-10,13,19-21,26H,11-12,14H2,1-6H3/b10-7+/t19?,20-,21?,26+,28+/m1/s1. The average Bonchev–Trinajstić information content (AvgIpc) is 3.10. The van der Waals surface area contributed by atoms with Gasteiger partial charge in [-0.05, 0) is 76.6 Å². The molecule has 4 aliphatic rings. The molecule has 2 unspecified atom stereocenters. The molecule has 8 heteroatoms. The van der Waals surface area contributed by atoms with Crippen molar-refractivity contribution in [1.82, 2.24) is 4.90 Å². The van der Waals surface area contributed by atoms with Crippen LogP contribution < -0.4 is 9.47 Å². The summed E-state index contributed by atoms with van der Waals surface area (Å²) in [7, 11) is 2.13. The number of esters is 3. The Bertz CT molecular complexity index is 1190. The molecule has 1 spiro atoms. The summed E-state index contributed by atoms with van der Waals surface area (Å²) >= 11 is 0. The molecule has 1 aromatic rings. The maximum Gasteiger partial charge on any atom is 0.331 e. The molecule has 5 rings (SSSR count). The zero-order valence-electron chi connectivity index (χ0n) is 21.6. The summed E-state index contributed by atoms with van der Waals surface area (Å²) in [5.41, 5.74) is 1.82. The number of carbonyl (C=O) groups excluding carboxylic acids is 3. The van der Waals surface area contributed by atoms with E-state index in [-0.39, 0.29) is 17.9 Å². The van der Waals surface area contributed by atoms with Crippen molar-refractivity contribution in [2.24, 2.45) is 5.92 Å². The third-order valence-electron chi connectivity index (χ3n) is 7.64. The van der Waals surface area contributed by atoms with Gasteiger partial charge in [0.2, 0.25) is 0 Å². The van der Waals surface area contributed by atoms with Crippen LogP contribution in [-0.4, -0.2) is 60.3 Å². The van der Waals surface area contributed by atoms with Crippen molar-refractivity contribution in [3.8, 4) is 11.5 Å². The molecule has 2 aliphatic heterocycles. The molecule has 1 saturated heterocycles. The van der Waals surface area contributed by atoms with Crippen molar-refractivity contribution >= 4 is 24.0 Å². The van der Waals surface area contributed by atoms with E-state index < -0.39 is 35.2 Å². The molecule has 1 fully saturated rings. The van der Waals surface area contributed by atoms with Crippen LogP contribution in [0, 0.1) is 5.92 Å². The van der Waals surface area contributed by atoms with Gasteiger partial charge in [0, 0.05) is 42.9 Å². The molecule has 2 aliphatic carbocycles. The van der Waals surface area contributed by atoms with Crippen LogP contribution in [0.25, 0.3) is 6.08 Å². The molecule has 0 saturated carbocycles. The van der Waals surface area contributed by atoms with Crippen LogP contribution in [0.1, 0.15) is 57.7 Å². The van der Waals surface area contributed by atoms with E-state index in [0.29, 0.717) is 11.5 Å². The van der Waals surface area contributed by atoms with Gasteiger partial charge in [-0.15, -0.1) is 0 Å². The largest absolute Gasteiger partial charge is 0.481 e. The summed E-state index contributed by atoms with van der Waals surface area (Å²) in [4.78, 5) is 38.8. The SMILES string of the molecule is CC(=O)Oc1cc(/C=C/C(=O)OC(C)(C)C)c2c3c1O[C@H]1C(OC(C)=O)C=CC4[C@@H](C2)N(C)CC[C@@]341. The monoisotopic (exact) mass is 495 g/mol. The Balaban J connectivity index is 1.68. The molecule has 0 N–H and O–H groups in total. The van der Waals surface area contributed by atoms with E-state index in [1.807, 2.05) is 26.8 Å². The van der Waals surface area contributed by atoms with Crippen LogP contribution >= 0.6 is 0 Å². The van der Waals surface area contributed by atoms with Gasteiger partial charge in [-0.1, -0.05) is 6.08 Å². The number of carbonyl (C=O) groups is 3. The lowest BCUT2D eigenvalue weighted by Gasteiger charge is -2.56. The molecule has 0 aromatic heterocycles. The lowest BCUT2D eigenvalue weighted by atomic mass is 9.53.